The summed E-state index contributed by atoms with van der Waals surface area (Å²) in [5, 5.41) is 22.2. The zero-order valence-electron chi connectivity index (χ0n) is 11.8. The topological polar surface area (TPSA) is 57.5 Å². The molecule has 0 fully saturated rings. The molecule has 3 nitrogen and oxygen atoms in total. The molecule has 0 amide bonds. The molecule has 0 saturated heterocycles. The highest BCUT2D eigenvalue weighted by molar-refractivity contribution is 5.91. The molecule has 0 heterocycles. The standard InChI is InChI=1S/C17H20O3/c1-3-17(20,4-2)15(16(18)19)14-11-7-9-12-8-5-6-10-13(12)14/h5-11,15,20H,3-4H2,1-2H3,(H,18,19)/t15-/m1/s1. The average molecular weight is 272 g/mol. The van der Waals surface area contributed by atoms with Gasteiger partial charge in [-0.1, -0.05) is 56.3 Å². The minimum atomic E-state index is -1.23. The lowest BCUT2D eigenvalue weighted by Crippen LogP contribution is -2.39. The van der Waals surface area contributed by atoms with E-state index in [2.05, 4.69) is 0 Å². The van der Waals surface area contributed by atoms with Crippen LogP contribution >= 0.6 is 0 Å². The third-order valence-electron chi connectivity index (χ3n) is 4.14. The van der Waals surface area contributed by atoms with Gasteiger partial charge in [-0.2, -0.15) is 0 Å². The van der Waals surface area contributed by atoms with Crippen LogP contribution in [0.4, 0.5) is 0 Å². The van der Waals surface area contributed by atoms with Crippen LogP contribution < -0.4 is 0 Å². The van der Waals surface area contributed by atoms with Crippen molar-refractivity contribution >= 4 is 16.7 Å². The largest absolute Gasteiger partial charge is 0.481 e. The van der Waals surface area contributed by atoms with Crippen molar-refractivity contribution in [3.8, 4) is 0 Å². The normalized spacial score (nSPS) is 13.3. The van der Waals surface area contributed by atoms with Gasteiger partial charge in [0.05, 0.1) is 5.60 Å². The van der Waals surface area contributed by atoms with Crippen LogP contribution in [-0.4, -0.2) is 21.8 Å². The number of aliphatic carboxylic acids is 1. The first-order valence-electron chi connectivity index (χ1n) is 6.96. The van der Waals surface area contributed by atoms with Crippen LogP contribution in [0.1, 0.15) is 38.2 Å². The van der Waals surface area contributed by atoms with Crippen molar-refractivity contribution in [2.75, 3.05) is 0 Å². The Morgan fingerprint density at radius 2 is 1.70 bits per heavy atom. The molecular formula is C17H20O3. The van der Waals surface area contributed by atoms with E-state index in [-0.39, 0.29) is 0 Å². The van der Waals surface area contributed by atoms with Gasteiger partial charge in [0.2, 0.25) is 0 Å². The SMILES string of the molecule is CCC(O)(CC)[C@@H](C(=O)O)c1cccc2ccccc12. The summed E-state index contributed by atoms with van der Waals surface area (Å²) in [6, 6.07) is 13.3. The number of rotatable bonds is 5. The summed E-state index contributed by atoms with van der Waals surface area (Å²) in [4.78, 5) is 11.7. The second-order valence-corrected chi connectivity index (χ2v) is 5.15. The third kappa shape index (κ3) is 2.41. The molecule has 0 bridgehead atoms. The van der Waals surface area contributed by atoms with Crippen molar-refractivity contribution in [1.82, 2.24) is 0 Å². The van der Waals surface area contributed by atoms with Crippen LogP contribution in [0.2, 0.25) is 0 Å². The van der Waals surface area contributed by atoms with E-state index in [0.717, 1.165) is 10.8 Å². The summed E-state index contributed by atoms with van der Waals surface area (Å²) in [6.07, 6.45) is 0.813. The lowest BCUT2D eigenvalue weighted by Gasteiger charge is -2.32. The van der Waals surface area contributed by atoms with Crippen molar-refractivity contribution in [3.05, 3.63) is 48.0 Å². The van der Waals surface area contributed by atoms with Crippen molar-refractivity contribution in [2.24, 2.45) is 0 Å². The molecule has 106 valence electrons. The molecule has 0 aromatic heterocycles. The fourth-order valence-electron chi connectivity index (χ4n) is 2.81. The fourth-order valence-corrected chi connectivity index (χ4v) is 2.81. The summed E-state index contributed by atoms with van der Waals surface area (Å²) in [5.41, 5.74) is -0.544. The van der Waals surface area contributed by atoms with Crippen molar-refractivity contribution in [3.63, 3.8) is 0 Å². The molecule has 0 aliphatic carbocycles. The number of carbonyl (C=O) groups is 1. The molecule has 0 aliphatic rings. The van der Waals surface area contributed by atoms with Gasteiger partial charge in [-0.15, -0.1) is 0 Å². The molecule has 3 heteroatoms. The van der Waals surface area contributed by atoms with Gasteiger partial charge in [0.25, 0.3) is 0 Å². The number of carboxylic acid groups (broad SMARTS) is 1. The molecule has 0 saturated carbocycles. The molecule has 2 aromatic rings. The minimum absolute atomic E-state index is 0.406. The van der Waals surface area contributed by atoms with Crippen molar-refractivity contribution < 1.29 is 15.0 Å². The predicted octanol–water partition coefficient (Wildman–Crippen LogP) is 3.56. The fraction of sp³-hybridized carbons (Fsp3) is 0.353. The molecule has 0 radical (unpaired) electrons. The minimum Gasteiger partial charge on any atom is -0.481 e. The lowest BCUT2D eigenvalue weighted by molar-refractivity contribution is -0.146. The maximum atomic E-state index is 11.7. The third-order valence-corrected chi connectivity index (χ3v) is 4.14. The van der Waals surface area contributed by atoms with E-state index in [1.807, 2.05) is 50.2 Å². The van der Waals surface area contributed by atoms with Crippen molar-refractivity contribution in [1.29, 1.82) is 0 Å². The maximum absolute atomic E-state index is 11.7. The van der Waals surface area contributed by atoms with Gasteiger partial charge >= 0.3 is 5.97 Å². The summed E-state index contributed by atoms with van der Waals surface area (Å²) < 4.78 is 0. The number of hydrogen-bond acceptors (Lipinski definition) is 2. The monoisotopic (exact) mass is 272 g/mol. The highest BCUT2D eigenvalue weighted by Crippen LogP contribution is 2.37. The highest BCUT2D eigenvalue weighted by atomic mass is 16.4. The maximum Gasteiger partial charge on any atom is 0.313 e. The summed E-state index contributed by atoms with van der Waals surface area (Å²) in [7, 11) is 0. The number of fused-ring (bicyclic) bond motifs is 1. The van der Waals surface area contributed by atoms with E-state index >= 15 is 0 Å². The molecule has 0 aliphatic heterocycles. The zero-order chi connectivity index (χ0) is 14.8. The van der Waals surface area contributed by atoms with E-state index in [9.17, 15) is 15.0 Å². The van der Waals surface area contributed by atoms with Gasteiger partial charge in [0.15, 0.2) is 0 Å². The Morgan fingerprint density at radius 3 is 2.30 bits per heavy atom. The molecule has 1 atom stereocenters. The summed E-state index contributed by atoms with van der Waals surface area (Å²) in [6.45, 7) is 3.65. The first-order chi connectivity index (χ1) is 9.53. The first kappa shape index (κ1) is 14.5. The Hall–Kier alpha value is -1.87. The van der Waals surface area contributed by atoms with Gasteiger partial charge in [-0.05, 0) is 29.2 Å². The van der Waals surface area contributed by atoms with Gasteiger partial charge in [-0.25, -0.2) is 0 Å². The average Bonchev–Trinajstić information content (AvgIpc) is 2.47. The zero-order valence-corrected chi connectivity index (χ0v) is 11.8. The number of benzene rings is 2. The van der Waals surface area contributed by atoms with E-state index in [1.54, 1.807) is 6.07 Å². The van der Waals surface area contributed by atoms with E-state index in [4.69, 9.17) is 0 Å². The lowest BCUT2D eigenvalue weighted by atomic mass is 9.77. The molecule has 2 aromatic carbocycles. The first-order valence-corrected chi connectivity index (χ1v) is 6.96. The Labute approximate surface area is 118 Å². The Bertz CT molecular complexity index is 609. The van der Waals surface area contributed by atoms with E-state index < -0.39 is 17.5 Å². The molecule has 2 N–H and O–H groups in total. The van der Waals surface area contributed by atoms with Crippen LogP contribution in [0.5, 0.6) is 0 Å². The predicted molar refractivity (Wildman–Crippen MR) is 79.9 cm³/mol. The van der Waals surface area contributed by atoms with E-state index in [0.29, 0.717) is 18.4 Å². The summed E-state index contributed by atoms with van der Waals surface area (Å²) in [5.74, 6) is -1.89. The number of aliphatic hydroxyl groups is 1. The Balaban J connectivity index is 2.67. The number of carboxylic acids is 1. The van der Waals surface area contributed by atoms with Gasteiger partial charge in [0, 0.05) is 0 Å². The molecule has 0 spiro atoms. The Kier molecular flexibility index (Phi) is 4.09. The van der Waals surface area contributed by atoms with Crippen molar-refractivity contribution in [2.45, 2.75) is 38.2 Å². The van der Waals surface area contributed by atoms with Crippen LogP contribution in [0, 0.1) is 0 Å². The van der Waals surface area contributed by atoms with E-state index in [1.165, 1.54) is 0 Å². The smallest absolute Gasteiger partial charge is 0.313 e. The highest BCUT2D eigenvalue weighted by Gasteiger charge is 2.40. The molecule has 20 heavy (non-hydrogen) atoms. The quantitative estimate of drug-likeness (QED) is 0.875. The second kappa shape index (κ2) is 5.63. The number of hydrogen-bond donors (Lipinski definition) is 2. The van der Waals surface area contributed by atoms with Gasteiger partial charge in [0.1, 0.15) is 5.92 Å². The molecule has 2 rings (SSSR count). The van der Waals surface area contributed by atoms with Gasteiger partial charge < -0.3 is 10.2 Å². The van der Waals surface area contributed by atoms with Crippen LogP contribution in [0.25, 0.3) is 10.8 Å². The van der Waals surface area contributed by atoms with Gasteiger partial charge in [-0.3, -0.25) is 4.79 Å². The Morgan fingerprint density at radius 1 is 1.10 bits per heavy atom. The molecular weight excluding hydrogens is 252 g/mol. The van der Waals surface area contributed by atoms with Crippen LogP contribution in [0.15, 0.2) is 42.5 Å². The van der Waals surface area contributed by atoms with Crippen LogP contribution in [0.3, 0.4) is 0 Å². The molecule has 0 unspecified atom stereocenters. The second-order valence-electron chi connectivity index (χ2n) is 5.15. The van der Waals surface area contributed by atoms with Crippen LogP contribution in [-0.2, 0) is 4.79 Å². The summed E-state index contributed by atoms with van der Waals surface area (Å²) >= 11 is 0.